The molecule has 1 aromatic heterocycles. The van der Waals surface area contributed by atoms with Crippen molar-refractivity contribution in [3.63, 3.8) is 0 Å². The summed E-state index contributed by atoms with van der Waals surface area (Å²) in [6, 6.07) is 7.49. The van der Waals surface area contributed by atoms with Crippen molar-refractivity contribution >= 4 is 5.91 Å². The van der Waals surface area contributed by atoms with Gasteiger partial charge >= 0.3 is 0 Å². The number of nitrogens with zero attached hydrogens (tertiary/aromatic N) is 4. The standard InChI is InChI=1S/C21H25FN4O3/c1-15-13-19(27)20(23-26(15)18-7-3-2-6-17(18)22)21(28)25-10-8-24(9-11-25)14-16-5-4-12-29-16/h2-3,6-7,13,16H,4-5,8-12,14H2,1H3. The van der Waals surface area contributed by atoms with Gasteiger partial charge in [0, 0.05) is 51.1 Å². The number of aryl methyl sites for hydroxylation is 1. The third-order valence-corrected chi connectivity index (χ3v) is 5.54. The lowest BCUT2D eigenvalue weighted by Gasteiger charge is -2.35. The molecule has 2 fully saturated rings. The van der Waals surface area contributed by atoms with Crippen molar-refractivity contribution in [1.82, 2.24) is 19.6 Å². The summed E-state index contributed by atoms with van der Waals surface area (Å²) in [6.45, 7) is 5.90. The van der Waals surface area contributed by atoms with Gasteiger partial charge in [0.05, 0.1) is 6.10 Å². The maximum absolute atomic E-state index is 14.2. The third-order valence-electron chi connectivity index (χ3n) is 5.54. The smallest absolute Gasteiger partial charge is 0.278 e. The normalized spacial score (nSPS) is 20.2. The van der Waals surface area contributed by atoms with Gasteiger partial charge in [-0.05, 0) is 31.9 Å². The molecule has 1 aromatic carbocycles. The highest BCUT2D eigenvalue weighted by Crippen LogP contribution is 2.16. The first-order chi connectivity index (χ1) is 14.0. The van der Waals surface area contributed by atoms with Crippen LogP contribution in [0.15, 0.2) is 35.1 Å². The van der Waals surface area contributed by atoms with Crippen molar-refractivity contribution < 1.29 is 13.9 Å². The molecule has 0 saturated carbocycles. The van der Waals surface area contributed by atoms with Crippen LogP contribution in [0.25, 0.3) is 5.69 Å². The fourth-order valence-electron chi connectivity index (χ4n) is 3.92. The predicted molar refractivity (Wildman–Crippen MR) is 106 cm³/mol. The lowest BCUT2D eigenvalue weighted by molar-refractivity contribution is 0.0428. The molecule has 4 rings (SSSR count). The summed E-state index contributed by atoms with van der Waals surface area (Å²) >= 11 is 0. The molecule has 29 heavy (non-hydrogen) atoms. The minimum atomic E-state index is -0.465. The minimum Gasteiger partial charge on any atom is -0.377 e. The summed E-state index contributed by atoms with van der Waals surface area (Å²) in [6.07, 6.45) is 2.47. The Balaban J connectivity index is 1.50. The molecule has 1 atom stereocenters. The highest BCUT2D eigenvalue weighted by Gasteiger charge is 2.27. The molecule has 2 saturated heterocycles. The molecule has 0 radical (unpaired) electrons. The van der Waals surface area contributed by atoms with Crippen LogP contribution in [0.1, 0.15) is 29.0 Å². The Morgan fingerprint density at radius 3 is 2.69 bits per heavy atom. The second-order valence-corrected chi connectivity index (χ2v) is 7.59. The molecule has 1 unspecified atom stereocenters. The Labute approximate surface area is 168 Å². The van der Waals surface area contributed by atoms with Crippen LogP contribution in [0, 0.1) is 12.7 Å². The zero-order valence-electron chi connectivity index (χ0n) is 16.5. The fraction of sp³-hybridized carbons (Fsp3) is 0.476. The zero-order valence-corrected chi connectivity index (χ0v) is 16.5. The number of rotatable bonds is 4. The SMILES string of the molecule is Cc1cc(=O)c(C(=O)N2CCN(CC3CCCO3)CC2)nn1-c1ccccc1F. The van der Waals surface area contributed by atoms with Crippen LogP contribution in [-0.2, 0) is 4.74 Å². The number of carbonyl (C=O) groups excluding carboxylic acids is 1. The van der Waals surface area contributed by atoms with E-state index >= 15 is 0 Å². The van der Waals surface area contributed by atoms with E-state index in [0.717, 1.165) is 39.1 Å². The quantitative estimate of drug-likeness (QED) is 0.780. The number of aromatic nitrogens is 2. The Morgan fingerprint density at radius 1 is 1.24 bits per heavy atom. The second-order valence-electron chi connectivity index (χ2n) is 7.59. The van der Waals surface area contributed by atoms with E-state index in [1.54, 1.807) is 30.0 Å². The molecule has 1 amide bonds. The van der Waals surface area contributed by atoms with E-state index in [9.17, 15) is 14.0 Å². The van der Waals surface area contributed by atoms with Crippen LogP contribution in [0.4, 0.5) is 4.39 Å². The Bertz CT molecular complexity index is 947. The average molecular weight is 400 g/mol. The molecule has 0 N–H and O–H groups in total. The maximum Gasteiger partial charge on any atom is 0.278 e. The summed E-state index contributed by atoms with van der Waals surface area (Å²) < 4.78 is 21.2. The van der Waals surface area contributed by atoms with Crippen LogP contribution < -0.4 is 5.43 Å². The van der Waals surface area contributed by atoms with E-state index in [1.165, 1.54) is 16.8 Å². The van der Waals surface area contributed by atoms with Crippen molar-refractivity contribution in [3.05, 3.63) is 57.8 Å². The Kier molecular flexibility index (Phi) is 5.73. The Hall–Kier alpha value is -2.58. The molecule has 0 bridgehead atoms. The van der Waals surface area contributed by atoms with Crippen molar-refractivity contribution in [1.29, 1.82) is 0 Å². The molecular weight excluding hydrogens is 375 g/mol. The van der Waals surface area contributed by atoms with E-state index in [0.29, 0.717) is 18.8 Å². The first kappa shape index (κ1) is 19.7. The number of para-hydroxylation sites is 1. The third kappa shape index (κ3) is 4.23. The van der Waals surface area contributed by atoms with Gasteiger partial charge in [0.1, 0.15) is 11.5 Å². The van der Waals surface area contributed by atoms with Crippen LogP contribution in [0.2, 0.25) is 0 Å². The van der Waals surface area contributed by atoms with Crippen LogP contribution in [-0.4, -0.2) is 70.9 Å². The van der Waals surface area contributed by atoms with Crippen LogP contribution in [0.3, 0.4) is 0 Å². The number of piperazine rings is 1. The number of halogens is 1. The van der Waals surface area contributed by atoms with Crippen LogP contribution in [0.5, 0.6) is 0 Å². The highest BCUT2D eigenvalue weighted by molar-refractivity contribution is 5.92. The summed E-state index contributed by atoms with van der Waals surface area (Å²) in [5.41, 5.74) is 0.0618. The summed E-state index contributed by atoms with van der Waals surface area (Å²) in [5.74, 6) is -0.871. The largest absolute Gasteiger partial charge is 0.377 e. The molecule has 2 aromatic rings. The van der Waals surface area contributed by atoms with Gasteiger partial charge in [-0.1, -0.05) is 12.1 Å². The van der Waals surface area contributed by atoms with Crippen molar-refractivity contribution in [3.8, 4) is 5.69 Å². The lowest BCUT2D eigenvalue weighted by Crippen LogP contribution is -2.51. The van der Waals surface area contributed by atoms with E-state index in [1.807, 2.05) is 0 Å². The second kappa shape index (κ2) is 8.42. The van der Waals surface area contributed by atoms with Crippen LogP contribution >= 0.6 is 0 Å². The first-order valence-electron chi connectivity index (χ1n) is 10.0. The summed E-state index contributed by atoms with van der Waals surface area (Å²) in [7, 11) is 0. The van der Waals surface area contributed by atoms with E-state index < -0.39 is 17.2 Å². The Morgan fingerprint density at radius 2 is 2.00 bits per heavy atom. The van der Waals surface area contributed by atoms with Crippen molar-refractivity contribution in [2.75, 3.05) is 39.3 Å². The molecule has 154 valence electrons. The number of hydrogen-bond acceptors (Lipinski definition) is 5. The van der Waals surface area contributed by atoms with Gasteiger partial charge in [-0.2, -0.15) is 5.10 Å². The monoisotopic (exact) mass is 400 g/mol. The van der Waals surface area contributed by atoms with Gasteiger partial charge in [0.25, 0.3) is 5.91 Å². The van der Waals surface area contributed by atoms with E-state index in [4.69, 9.17) is 4.74 Å². The lowest BCUT2D eigenvalue weighted by atomic mass is 10.2. The van der Waals surface area contributed by atoms with Crippen molar-refractivity contribution in [2.24, 2.45) is 0 Å². The molecule has 2 aliphatic rings. The summed E-state index contributed by atoms with van der Waals surface area (Å²) in [5, 5.41) is 4.22. The number of amides is 1. The van der Waals surface area contributed by atoms with E-state index in [2.05, 4.69) is 10.00 Å². The topological polar surface area (TPSA) is 67.7 Å². The number of carbonyl (C=O) groups is 1. The first-order valence-corrected chi connectivity index (χ1v) is 10.0. The predicted octanol–water partition coefficient (Wildman–Crippen LogP) is 1.62. The molecule has 3 heterocycles. The molecule has 0 spiro atoms. The molecule has 2 aliphatic heterocycles. The van der Waals surface area contributed by atoms with E-state index in [-0.39, 0.29) is 17.5 Å². The highest BCUT2D eigenvalue weighted by atomic mass is 19.1. The van der Waals surface area contributed by atoms with Gasteiger partial charge in [-0.15, -0.1) is 0 Å². The van der Waals surface area contributed by atoms with Gasteiger partial charge in [-0.3, -0.25) is 14.5 Å². The minimum absolute atomic E-state index is 0.175. The molecule has 0 aliphatic carbocycles. The van der Waals surface area contributed by atoms with Gasteiger partial charge < -0.3 is 9.64 Å². The molecular formula is C21H25FN4O3. The fourth-order valence-corrected chi connectivity index (χ4v) is 3.92. The zero-order chi connectivity index (χ0) is 20.4. The number of hydrogen-bond donors (Lipinski definition) is 0. The molecule has 8 heteroatoms. The van der Waals surface area contributed by atoms with Crippen molar-refractivity contribution in [2.45, 2.75) is 25.9 Å². The van der Waals surface area contributed by atoms with Gasteiger partial charge in [0.2, 0.25) is 5.43 Å². The number of ether oxygens (including phenoxy) is 1. The average Bonchev–Trinajstić information content (AvgIpc) is 3.22. The number of benzene rings is 1. The summed E-state index contributed by atoms with van der Waals surface area (Å²) in [4.78, 5) is 29.3. The van der Waals surface area contributed by atoms with Gasteiger partial charge in [-0.25, -0.2) is 9.07 Å². The maximum atomic E-state index is 14.2. The van der Waals surface area contributed by atoms with Gasteiger partial charge in [0.15, 0.2) is 5.69 Å². The molecule has 7 nitrogen and oxygen atoms in total.